The molecule has 1 aliphatic rings. The van der Waals surface area contributed by atoms with Crippen LogP contribution in [0.3, 0.4) is 0 Å². The van der Waals surface area contributed by atoms with E-state index >= 15 is 0 Å². The fourth-order valence-corrected chi connectivity index (χ4v) is 4.98. The van der Waals surface area contributed by atoms with Crippen LogP contribution in [0.5, 0.6) is 0 Å². The zero-order valence-corrected chi connectivity index (χ0v) is 19.5. The first-order chi connectivity index (χ1) is 15.3. The number of aliphatic hydroxyl groups is 1. The molecular formula is C24H17BrN2O4S. The Morgan fingerprint density at radius 1 is 1.16 bits per heavy atom. The summed E-state index contributed by atoms with van der Waals surface area (Å²) in [5.41, 5.74) is 2.00. The average Bonchev–Trinajstić information content (AvgIpc) is 3.43. The van der Waals surface area contributed by atoms with Gasteiger partial charge in [0.15, 0.2) is 16.7 Å². The predicted octanol–water partition coefficient (Wildman–Crippen LogP) is 6.05. The quantitative estimate of drug-likeness (QED) is 0.339. The van der Waals surface area contributed by atoms with Gasteiger partial charge in [0, 0.05) is 14.7 Å². The van der Waals surface area contributed by atoms with Gasteiger partial charge in [-0.2, -0.15) is 0 Å². The molecule has 0 spiro atoms. The molecule has 1 amide bonds. The smallest absolute Gasteiger partial charge is 0.296 e. The number of nitrogens with zero attached hydrogens (tertiary/aromatic N) is 2. The third-order valence-corrected chi connectivity index (χ3v) is 7.11. The summed E-state index contributed by atoms with van der Waals surface area (Å²) in [5.74, 6) is -1.72. The molecule has 6 nitrogen and oxygen atoms in total. The van der Waals surface area contributed by atoms with Crippen LogP contribution in [0.2, 0.25) is 0 Å². The van der Waals surface area contributed by atoms with Gasteiger partial charge in [-0.3, -0.25) is 14.5 Å². The second kappa shape index (κ2) is 7.72. The van der Waals surface area contributed by atoms with Crippen molar-refractivity contribution in [1.29, 1.82) is 0 Å². The number of halogens is 1. The first kappa shape index (κ1) is 20.7. The van der Waals surface area contributed by atoms with E-state index in [4.69, 9.17) is 4.42 Å². The highest BCUT2D eigenvalue weighted by molar-refractivity contribution is 9.10. The maximum Gasteiger partial charge on any atom is 0.296 e. The van der Waals surface area contributed by atoms with Crippen molar-refractivity contribution in [3.63, 3.8) is 0 Å². The largest absolute Gasteiger partial charge is 0.503 e. The number of aryl methyl sites for hydroxylation is 2. The zero-order valence-electron chi connectivity index (χ0n) is 17.1. The molecule has 0 fully saturated rings. The summed E-state index contributed by atoms with van der Waals surface area (Å²) in [7, 11) is 0. The Morgan fingerprint density at radius 3 is 2.53 bits per heavy atom. The Bertz CT molecular complexity index is 1370. The van der Waals surface area contributed by atoms with Gasteiger partial charge in [-0.15, -0.1) is 11.3 Å². The molecule has 0 saturated heterocycles. The van der Waals surface area contributed by atoms with Crippen LogP contribution in [0.4, 0.5) is 5.13 Å². The highest BCUT2D eigenvalue weighted by Gasteiger charge is 2.46. The maximum atomic E-state index is 13.6. The number of furan rings is 1. The van der Waals surface area contributed by atoms with Crippen molar-refractivity contribution >= 4 is 55.1 Å². The fraction of sp³-hybridized carbons (Fsp3) is 0.125. The summed E-state index contributed by atoms with van der Waals surface area (Å²) in [4.78, 5) is 33.6. The summed E-state index contributed by atoms with van der Waals surface area (Å²) < 4.78 is 6.61. The third-order valence-electron chi connectivity index (χ3n) is 5.51. The molecule has 1 aliphatic heterocycles. The lowest BCUT2D eigenvalue weighted by Crippen LogP contribution is -2.31. The standard InChI is InChI=1S/C24H17BrN2O4S/c1-12-13(2)32-24(26-12)27-20(14-7-9-16(25)10-8-14)19(22(29)23(27)30)21(28)18-11-15-5-3-4-6-17(15)31-18/h3-11,20,29H,1-2H3. The van der Waals surface area contributed by atoms with E-state index in [9.17, 15) is 14.7 Å². The number of para-hydroxylation sites is 1. The van der Waals surface area contributed by atoms with E-state index < -0.39 is 23.5 Å². The molecule has 1 N–H and O–H groups in total. The average molecular weight is 509 g/mol. The highest BCUT2D eigenvalue weighted by Crippen LogP contribution is 2.44. The van der Waals surface area contributed by atoms with Crippen LogP contribution in [0, 0.1) is 13.8 Å². The van der Waals surface area contributed by atoms with Crippen LogP contribution in [-0.4, -0.2) is 21.8 Å². The second-order valence-corrected chi connectivity index (χ2v) is 9.60. The Labute approximate surface area is 195 Å². The molecule has 160 valence electrons. The Balaban J connectivity index is 1.67. The van der Waals surface area contributed by atoms with Gasteiger partial charge in [0.2, 0.25) is 5.78 Å². The molecule has 8 heteroatoms. The van der Waals surface area contributed by atoms with Crippen LogP contribution >= 0.6 is 27.3 Å². The van der Waals surface area contributed by atoms with E-state index in [1.165, 1.54) is 16.2 Å². The molecule has 2 aromatic heterocycles. The molecule has 2 aromatic carbocycles. The summed E-state index contributed by atoms with van der Waals surface area (Å²) in [6.45, 7) is 3.78. The Hall–Kier alpha value is -3.23. The summed E-state index contributed by atoms with van der Waals surface area (Å²) in [5, 5.41) is 12.0. The topological polar surface area (TPSA) is 83.6 Å². The predicted molar refractivity (Wildman–Crippen MR) is 126 cm³/mol. The van der Waals surface area contributed by atoms with E-state index in [0.29, 0.717) is 16.3 Å². The summed E-state index contributed by atoms with van der Waals surface area (Å²) in [6, 6.07) is 15.3. The fourth-order valence-electron chi connectivity index (χ4n) is 3.78. The van der Waals surface area contributed by atoms with Crippen LogP contribution < -0.4 is 4.90 Å². The van der Waals surface area contributed by atoms with Gasteiger partial charge < -0.3 is 9.52 Å². The number of thiazole rings is 1. The molecule has 3 heterocycles. The number of ketones is 1. The third kappa shape index (κ3) is 3.27. The number of carbonyl (C=O) groups is 2. The molecular weight excluding hydrogens is 492 g/mol. The molecule has 1 unspecified atom stereocenters. The molecule has 1 atom stereocenters. The number of hydrogen-bond acceptors (Lipinski definition) is 6. The highest BCUT2D eigenvalue weighted by atomic mass is 79.9. The van der Waals surface area contributed by atoms with E-state index in [1.807, 2.05) is 56.3 Å². The van der Waals surface area contributed by atoms with Crippen LogP contribution in [-0.2, 0) is 4.79 Å². The minimum atomic E-state index is -0.832. The van der Waals surface area contributed by atoms with Gasteiger partial charge in [-0.25, -0.2) is 4.98 Å². The number of fused-ring (bicyclic) bond motifs is 1. The Kier molecular flexibility index (Phi) is 4.98. The molecule has 32 heavy (non-hydrogen) atoms. The molecule has 0 saturated carbocycles. The molecule has 5 rings (SSSR count). The van der Waals surface area contributed by atoms with Crippen LogP contribution in [0.15, 0.2) is 74.8 Å². The van der Waals surface area contributed by atoms with Gasteiger partial charge in [0.25, 0.3) is 5.91 Å². The number of amides is 1. The lowest BCUT2D eigenvalue weighted by Gasteiger charge is -2.24. The zero-order chi connectivity index (χ0) is 22.6. The number of hydrogen-bond donors (Lipinski definition) is 1. The first-order valence-electron chi connectivity index (χ1n) is 9.84. The molecule has 0 radical (unpaired) electrons. The molecule has 4 aromatic rings. The van der Waals surface area contributed by atoms with Crippen molar-refractivity contribution in [1.82, 2.24) is 4.98 Å². The number of aromatic nitrogens is 1. The minimum absolute atomic E-state index is 0.0260. The van der Waals surface area contributed by atoms with E-state index in [0.717, 1.165) is 20.4 Å². The number of anilines is 1. The number of rotatable bonds is 4. The van der Waals surface area contributed by atoms with E-state index in [1.54, 1.807) is 12.1 Å². The van der Waals surface area contributed by atoms with E-state index in [-0.39, 0.29) is 11.3 Å². The van der Waals surface area contributed by atoms with Crippen molar-refractivity contribution in [2.24, 2.45) is 0 Å². The monoisotopic (exact) mass is 508 g/mol. The van der Waals surface area contributed by atoms with Gasteiger partial charge in [-0.1, -0.05) is 46.3 Å². The number of benzene rings is 2. The van der Waals surface area contributed by atoms with Crippen LogP contribution in [0.1, 0.15) is 32.7 Å². The summed E-state index contributed by atoms with van der Waals surface area (Å²) >= 11 is 4.76. The number of Topliss-reactive ketones (excluding diaryl/α,β-unsaturated/α-hetero) is 1. The van der Waals surface area contributed by atoms with Gasteiger partial charge in [0.05, 0.1) is 17.3 Å². The summed E-state index contributed by atoms with van der Waals surface area (Å²) in [6.07, 6.45) is 0. The van der Waals surface area contributed by atoms with Crippen LogP contribution in [0.25, 0.3) is 11.0 Å². The SMILES string of the molecule is Cc1nc(N2C(=O)C(O)=C(C(=O)c3cc4ccccc4o3)C2c2ccc(Br)cc2)sc1C. The van der Waals surface area contributed by atoms with E-state index in [2.05, 4.69) is 20.9 Å². The second-order valence-electron chi connectivity index (χ2n) is 7.51. The van der Waals surface area contributed by atoms with Crippen molar-refractivity contribution in [3.05, 3.63) is 92.3 Å². The lowest BCUT2D eigenvalue weighted by atomic mass is 9.95. The van der Waals surface area contributed by atoms with Crippen molar-refractivity contribution in [3.8, 4) is 0 Å². The van der Waals surface area contributed by atoms with Crippen molar-refractivity contribution in [2.45, 2.75) is 19.9 Å². The molecule has 0 bridgehead atoms. The number of aliphatic hydroxyl groups excluding tert-OH is 1. The molecule has 0 aliphatic carbocycles. The Morgan fingerprint density at radius 2 is 1.88 bits per heavy atom. The lowest BCUT2D eigenvalue weighted by molar-refractivity contribution is -0.117. The van der Waals surface area contributed by atoms with Gasteiger partial charge in [-0.05, 0) is 43.7 Å². The maximum absolute atomic E-state index is 13.6. The normalized spacial score (nSPS) is 16.4. The minimum Gasteiger partial charge on any atom is -0.503 e. The first-order valence-corrected chi connectivity index (χ1v) is 11.5. The van der Waals surface area contributed by atoms with Crippen molar-refractivity contribution in [2.75, 3.05) is 4.90 Å². The van der Waals surface area contributed by atoms with Gasteiger partial charge >= 0.3 is 0 Å². The van der Waals surface area contributed by atoms with Crippen molar-refractivity contribution < 1.29 is 19.1 Å². The van der Waals surface area contributed by atoms with Gasteiger partial charge in [0.1, 0.15) is 5.58 Å². The number of carbonyl (C=O) groups excluding carboxylic acids is 2.